The number of carbonyl (C=O) groups is 1. The van der Waals surface area contributed by atoms with Gasteiger partial charge in [-0.3, -0.25) is 4.79 Å². The average Bonchev–Trinajstić information content (AvgIpc) is 2.45. The molecule has 1 aliphatic heterocycles. The second kappa shape index (κ2) is 6.47. The van der Waals surface area contributed by atoms with Crippen LogP contribution in [0.2, 0.25) is 0 Å². The molecule has 1 fully saturated rings. The minimum absolute atomic E-state index is 0.0317. The predicted octanol–water partition coefficient (Wildman–Crippen LogP) is 0.648. The van der Waals surface area contributed by atoms with Crippen molar-refractivity contribution in [1.82, 2.24) is 15.3 Å². The maximum absolute atomic E-state index is 11.3. The molecular weight excluding hydrogens is 244 g/mol. The zero-order valence-corrected chi connectivity index (χ0v) is 11.5. The zero-order valence-electron chi connectivity index (χ0n) is 11.5. The number of carbonyl (C=O) groups excluding carboxylic acids is 1. The molecule has 2 rings (SSSR count). The van der Waals surface area contributed by atoms with Gasteiger partial charge in [0.05, 0.1) is 25.5 Å². The summed E-state index contributed by atoms with van der Waals surface area (Å²) in [7, 11) is 0. The van der Waals surface area contributed by atoms with Gasteiger partial charge in [-0.15, -0.1) is 0 Å². The number of hydrogen-bond acceptors (Lipinski definition) is 5. The highest BCUT2D eigenvalue weighted by Crippen LogP contribution is 2.12. The van der Waals surface area contributed by atoms with Gasteiger partial charge in [-0.05, 0) is 13.0 Å². The molecule has 0 spiro atoms. The first-order chi connectivity index (χ1) is 9.19. The Labute approximate surface area is 113 Å². The van der Waals surface area contributed by atoms with E-state index in [9.17, 15) is 4.79 Å². The summed E-state index contributed by atoms with van der Waals surface area (Å²) >= 11 is 0. The van der Waals surface area contributed by atoms with Crippen LogP contribution in [0.5, 0.6) is 0 Å². The van der Waals surface area contributed by atoms with Crippen LogP contribution < -0.4 is 10.2 Å². The van der Waals surface area contributed by atoms with E-state index in [-0.39, 0.29) is 5.91 Å². The van der Waals surface area contributed by atoms with Crippen LogP contribution in [0.3, 0.4) is 0 Å². The number of nitrogens with one attached hydrogen (secondary N) is 1. The van der Waals surface area contributed by atoms with Gasteiger partial charge >= 0.3 is 0 Å². The zero-order chi connectivity index (χ0) is 13.7. The van der Waals surface area contributed by atoms with Crippen LogP contribution in [0.15, 0.2) is 6.07 Å². The Kier molecular flexibility index (Phi) is 4.68. The number of morpholine rings is 1. The lowest BCUT2D eigenvalue weighted by Crippen LogP contribution is -2.37. The van der Waals surface area contributed by atoms with E-state index < -0.39 is 0 Å². The lowest BCUT2D eigenvalue weighted by Gasteiger charge is -2.27. The molecule has 19 heavy (non-hydrogen) atoms. The molecule has 0 unspecified atom stereocenters. The lowest BCUT2D eigenvalue weighted by molar-refractivity contribution is -0.120. The maximum Gasteiger partial charge on any atom is 0.225 e. The summed E-state index contributed by atoms with van der Waals surface area (Å²) in [5, 5.41) is 2.83. The molecule has 6 nitrogen and oxygen atoms in total. The first-order valence-electron chi connectivity index (χ1n) is 6.63. The van der Waals surface area contributed by atoms with Gasteiger partial charge in [-0.1, -0.05) is 6.92 Å². The van der Waals surface area contributed by atoms with E-state index >= 15 is 0 Å². The summed E-state index contributed by atoms with van der Waals surface area (Å²) in [4.78, 5) is 22.3. The summed E-state index contributed by atoms with van der Waals surface area (Å²) in [6, 6.07) is 1.90. The predicted molar refractivity (Wildman–Crippen MR) is 71.9 cm³/mol. The van der Waals surface area contributed by atoms with Crippen LogP contribution >= 0.6 is 0 Å². The van der Waals surface area contributed by atoms with Gasteiger partial charge < -0.3 is 15.0 Å². The molecule has 0 aromatic carbocycles. The number of rotatable bonds is 4. The van der Waals surface area contributed by atoms with Crippen molar-refractivity contribution >= 4 is 11.9 Å². The molecule has 0 atom stereocenters. The highest BCUT2D eigenvalue weighted by Gasteiger charge is 2.15. The second-order valence-electron chi connectivity index (χ2n) is 4.53. The third-order valence-electron chi connectivity index (χ3n) is 2.98. The van der Waals surface area contributed by atoms with E-state index in [0.717, 1.165) is 30.4 Å². The molecule has 1 aromatic heterocycles. The molecule has 0 radical (unpaired) electrons. The molecule has 0 saturated carbocycles. The van der Waals surface area contributed by atoms with Gasteiger partial charge in [0.25, 0.3) is 0 Å². The molecule has 104 valence electrons. The normalized spacial score (nSPS) is 15.4. The van der Waals surface area contributed by atoms with Crippen molar-refractivity contribution in [1.29, 1.82) is 0 Å². The lowest BCUT2D eigenvalue weighted by atomic mass is 10.3. The van der Waals surface area contributed by atoms with Gasteiger partial charge in [0.15, 0.2) is 0 Å². The number of anilines is 1. The molecule has 1 aliphatic rings. The van der Waals surface area contributed by atoms with Crippen molar-refractivity contribution in [2.24, 2.45) is 0 Å². The van der Waals surface area contributed by atoms with Crippen molar-refractivity contribution in [2.75, 3.05) is 31.2 Å². The smallest absolute Gasteiger partial charge is 0.225 e. The number of amides is 1. The Hall–Kier alpha value is -1.69. The molecule has 1 saturated heterocycles. The standard InChI is InChI=1S/C13H20N4O2/c1-3-12(18)14-9-11-8-10(2)15-13(16-11)17-4-6-19-7-5-17/h8H,3-7,9H2,1-2H3,(H,14,18). The fourth-order valence-electron chi connectivity index (χ4n) is 1.93. The van der Waals surface area contributed by atoms with E-state index in [0.29, 0.717) is 26.2 Å². The van der Waals surface area contributed by atoms with Crippen LogP contribution in [0, 0.1) is 6.92 Å². The van der Waals surface area contributed by atoms with E-state index in [1.54, 1.807) is 0 Å². The molecular formula is C13H20N4O2. The van der Waals surface area contributed by atoms with Crippen molar-refractivity contribution in [3.8, 4) is 0 Å². The van der Waals surface area contributed by atoms with Crippen LogP contribution in [-0.4, -0.2) is 42.2 Å². The molecule has 1 N–H and O–H groups in total. The monoisotopic (exact) mass is 264 g/mol. The maximum atomic E-state index is 11.3. The molecule has 1 amide bonds. The van der Waals surface area contributed by atoms with Crippen molar-refractivity contribution in [3.63, 3.8) is 0 Å². The highest BCUT2D eigenvalue weighted by molar-refractivity contribution is 5.75. The Morgan fingerprint density at radius 1 is 1.42 bits per heavy atom. The van der Waals surface area contributed by atoms with Crippen molar-refractivity contribution in [2.45, 2.75) is 26.8 Å². The minimum Gasteiger partial charge on any atom is -0.378 e. The minimum atomic E-state index is 0.0317. The highest BCUT2D eigenvalue weighted by atomic mass is 16.5. The van der Waals surface area contributed by atoms with E-state index in [1.165, 1.54) is 0 Å². The second-order valence-corrected chi connectivity index (χ2v) is 4.53. The van der Waals surface area contributed by atoms with Crippen molar-refractivity contribution in [3.05, 3.63) is 17.5 Å². The largest absolute Gasteiger partial charge is 0.378 e. The van der Waals surface area contributed by atoms with E-state index in [4.69, 9.17) is 4.74 Å². The van der Waals surface area contributed by atoms with E-state index in [2.05, 4.69) is 20.2 Å². The molecule has 0 aliphatic carbocycles. The van der Waals surface area contributed by atoms with Gasteiger partial charge in [0.1, 0.15) is 0 Å². The summed E-state index contributed by atoms with van der Waals surface area (Å²) in [6.45, 7) is 7.26. The van der Waals surface area contributed by atoms with Crippen LogP contribution in [-0.2, 0) is 16.1 Å². The summed E-state index contributed by atoms with van der Waals surface area (Å²) < 4.78 is 5.32. The fraction of sp³-hybridized carbons (Fsp3) is 0.615. The van der Waals surface area contributed by atoms with Crippen molar-refractivity contribution < 1.29 is 9.53 Å². The van der Waals surface area contributed by atoms with Gasteiger partial charge in [-0.25, -0.2) is 9.97 Å². The molecule has 6 heteroatoms. The molecule has 0 bridgehead atoms. The third kappa shape index (κ3) is 3.89. The van der Waals surface area contributed by atoms with Crippen LogP contribution in [0.25, 0.3) is 0 Å². The average molecular weight is 264 g/mol. The topological polar surface area (TPSA) is 67.4 Å². The summed E-state index contributed by atoms with van der Waals surface area (Å²) in [6.07, 6.45) is 0.486. The van der Waals surface area contributed by atoms with Gasteiger partial charge in [0, 0.05) is 25.2 Å². The third-order valence-corrected chi connectivity index (χ3v) is 2.98. The molecule has 1 aromatic rings. The van der Waals surface area contributed by atoms with Crippen LogP contribution in [0.4, 0.5) is 5.95 Å². The Morgan fingerprint density at radius 2 is 2.16 bits per heavy atom. The summed E-state index contributed by atoms with van der Waals surface area (Å²) in [5.41, 5.74) is 1.76. The van der Waals surface area contributed by atoms with Crippen LogP contribution in [0.1, 0.15) is 24.7 Å². The number of aryl methyl sites for hydroxylation is 1. The van der Waals surface area contributed by atoms with Gasteiger partial charge in [0.2, 0.25) is 11.9 Å². The Morgan fingerprint density at radius 3 is 2.84 bits per heavy atom. The quantitative estimate of drug-likeness (QED) is 0.864. The first kappa shape index (κ1) is 13.7. The summed E-state index contributed by atoms with van der Waals surface area (Å²) in [5.74, 6) is 0.758. The SMILES string of the molecule is CCC(=O)NCc1cc(C)nc(N2CCOCC2)n1. The number of ether oxygens (including phenoxy) is 1. The Bertz CT molecular complexity index is 444. The first-order valence-corrected chi connectivity index (χ1v) is 6.63. The number of aromatic nitrogens is 2. The molecule has 2 heterocycles. The number of nitrogens with zero attached hydrogens (tertiary/aromatic N) is 3. The van der Waals surface area contributed by atoms with Gasteiger partial charge in [-0.2, -0.15) is 0 Å². The van der Waals surface area contributed by atoms with E-state index in [1.807, 2.05) is 19.9 Å². The fourth-order valence-corrected chi connectivity index (χ4v) is 1.93. The number of hydrogen-bond donors (Lipinski definition) is 1. The Balaban J connectivity index is 2.07.